The van der Waals surface area contributed by atoms with Crippen LogP contribution < -0.4 is 11.5 Å². The van der Waals surface area contributed by atoms with Crippen molar-refractivity contribution in [1.29, 1.82) is 0 Å². The summed E-state index contributed by atoms with van der Waals surface area (Å²) in [5, 5.41) is 0. The van der Waals surface area contributed by atoms with Gasteiger partial charge < -0.3 is 39.4 Å². The Morgan fingerprint density at radius 2 is 1.50 bits per heavy atom. The quantitative estimate of drug-likeness (QED) is 0.201. The SMILES string of the molecule is [B][P@]1(=O)OC[C@H]2O[C@@H](n3cnc4c(N)ncnc43)[C@H](F)[C@@H]2OP(O)(=S)OCC2O[C@@H](n3cnc4c(N)ccnc43)[C@H](F)[C@@H]2O1. The normalized spacial score (nSPS) is 38.2. The van der Waals surface area contributed by atoms with Crippen molar-refractivity contribution in [2.45, 2.75) is 49.2 Å². The van der Waals surface area contributed by atoms with Gasteiger partial charge in [0, 0.05) is 6.20 Å². The summed E-state index contributed by atoms with van der Waals surface area (Å²) in [6.45, 7) is -5.56. The summed E-state index contributed by atoms with van der Waals surface area (Å²) in [5.74, 6) is 0.0523. The lowest BCUT2D eigenvalue weighted by atomic mass is 10.1. The Kier molecular flexibility index (Phi) is 7.48. The molecule has 0 aliphatic carbocycles. The number of hydrogen-bond donors (Lipinski definition) is 3. The van der Waals surface area contributed by atoms with Gasteiger partial charge in [0.1, 0.15) is 41.8 Å². The highest BCUT2D eigenvalue weighted by atomic mass is 32.5. The van der Waals surface area contributed by atoms with E-state index in [1.165, 1.54) is 34.1 Å². The second-order valence-corrected chi connectivity index (χ2v) is 14.4. The third-order valence-electron chi connectivity index (χ3n) is 7.31. The Balaban J connectivity index is 1.17. The fraction of sp³-hybridized carbons (Fsp3) is 0.476. The summed E-state index contributed by atoms with van der Waals surface area (Å²) >= 11 is 5.15. The molecular formula is C21H22BF2N9O8P2S. The molecule has 17 nitrogen and oxygen atoms in total. The number of halogens is 2. The van der Waals surface area contributed by atoms with Crippen LogP contribution >= 0.6 is 14.2 Å². The fourth-order valence-corrected chi connectivity index (χ4v) is 7.72. The first-order chi connectivity index (χ1) is 20.9. The Labute approximate surface area is 252 Å². The molecule has 44 heavy (non-hydrogen) atoms. The van der Waals surface area contributed by atoms with Gasteiger partial charge in [0.25, 0.3) is 7.47 Å². The molecule has 0 amide bonds. The number of aromatic nitrogens is 7. The molecule has 3 aliphatic rings. The predicted octanol–water partition coefficient (Wildman–Crippen LogP) is 1.22. The van der Waals surface area contributed by atoms with Gasteiger partial charge in [0.2, 0.25) is 7.57 Å². The van der Waals surface area contributed by atoms with Crippen LogP contribution in [-0.4, -0.2) is 96.5 Å². The maximum absolute atomic E-state index is 16.0. The largest absolute Gasteiger partial charge is 0.397 e. The van der Waals surface area contributed by atoms with Crippen molar-refractivity contribution >= 4 is 67.4 Å². The van der Waals surface area contributed by atoms with Crippen molar-refractivity contribution in [3.8, 4) is 0 Å². The number of pyridine rings is 1. The number of nitrogens with two attached hydrogens (primary N) is 2. The summed E-state index contributed by atoms with van der Waals surface area (Å²) in [7, 11) is 1.28. The van der Waals surface area contributed by atoms with Crippen LogP contribution in [0.15, 0.2) is 31.2 Å². The molecule has 10 atom stereocenters. The van der Waals surface area contributed by atoms with Crippen molar-refractivity contribution in [3.63, 3.8) is 0 Å². The van der Waals surface area contributed by atoms with Crippen LogP contribution in [0.1, 0.15) is 12.5 Å². The Morgan fingerprint density at radius 3 is 2.18 bits per heavy atom. The Bertz CT molecular complexity index is 1710. The molecule has 3 saturated heterocycles. The second-order valence-electron chi connectivity index (χ2n) is 10.1. The molecule has 3 aliphatic heterocycles. The molecule has 4 aromatic heterocycles. The van der Waals surface area contributed by atoms with Crippen LogP contribution in [0.25, 0.3) is 22.3 Å². The van der Waals surface area contributed by atoms with Gasteiger partial charge >= 0.3 is 6.72 Å². The van der Waals surface area contributed by atoms with E-state index in [-0.39, 0.29) is 22.6 Å². The molecule has 0 aromatic carbocycles. The monoisotopic (exact) mass is 671 g/mol. The summed E-state index contributed by atoms with van der Waals surface area (Å²) in [4.78, 5) is 31.3. The van der Waals surface area contributed by atoms with Gasteiger partial charge in [0.05, 0.1) is 31.6 Å². The minimum atomic E-state index is -4.56. The van der Waals surface area contributed by atoms with Gasteiger partial charge in [-0.25, -0.2) is 33.7 Å². The second kappa shape index (κ2) is 11.0. The van der Waals surface area contributed by atoms with Crippen LogP contribution in [0.4, 0.5) is 20.3 Å². The van der Waals surface area contributed by atoms with Crippen molar-refractivity contribution in [3.05, 3.63) is 31.2 Å². The van der Waals surface area contributed by atoms with E-state index in [2.05, 4.69) is 24.9 Å². The molecule has 0 spiro atoms. The molecule has 7 rings (SSSR count). The van der Waals surface area contributed by atoms with Gasteiger partial charge in [-0.15, -0.1) is 0 Å². The van der Waals surface area contributed by atoms with E-state index in [0.717, 1.165) is 6.33 Å². The first kappa shape index (κ1) is 30.0. The van der Waals surface area contributed by atoms with E-state index in [0.29, 0.717) is 11.2 Å². The number of fused-ring (bicyclic) bond motifs is 4. The maximum Gasteiger partial charge on any atom is 0.325 e. The summed E-state index contributed by atoms with van der Waals surface area (Å²) in [6, 6.07) is 1.52. The van der Waals surface area contributed by atoms with Crippen LogP contribution in [-0.2, 0) is 43.9 Å². The Morgan fingerprint density at radius 1 is 0.909 bits per heavy atom. The highest BCUT2D eigenvalue weighted by Gasteiger charge is 2.53. The van der Waals surface area contributed by atoms with Gasteiger partial charge in [-0.2, -0.15) is 0 Å². The highest BCUT2D eigenvalue weighted by molar-refractivity contribution is 8.07. The summed E-state index contributed by atoms with van der Waals surface area (Å²) in [5.41, 5.74) is 12.9. The van der Waals surface area contributed by atoms with Gasteiger partial charge in [-0.3, -0.25) is 18.2 Å². The van der Waals surface area contributed by atoms with Gasteiger partial charge in [0.15, 0.2) is 41.9 Å². The van der Waals surface area contributed by atoms with Crippen LogP contribution in [0.5, 0.6) is 0 Å². The topological polar surface area (TPSA) is 219 Å². The van der Waals surface area contributed by atoms with Crippen molar-refractivity contribution < 1.29 is 45.8 Å². The smallest absolute Gasteiger partial charge is 0.325 e. The van der Waals surface area contributed by atoms with E-state index < -0.39 is 76.6 Å². The average Bonchev–Trinajstić information content (AvgIpc) is 3.73. The van der Waals surface area contributed by atoms with E-state index in [1.54, 1.807) is 0 Å². The van der Waals surface area contributed by atoms with Crippen molar-refractivity contribution in [1.82, 2.24) is 34.1 Å². The molecule has 2 radical (unpaired) electrons. The molecule has 5 N–H and O–H groups in total. The average molecular weight is 671 g/mol. The molecule has 23 heteroatoms. The van der Waals surface area contributed by atoms with E-state index in [9.17, 15) is 9.46 Å². The minimum Gasteiger partial charge on any atom is -0.397 e. The third kappa shape index (κ3) is 5.20. The molecular weight excluding hydrogens is 649 g/mol. The predicted molar refractivity (Wildman–Crippen MR) is 151 cm³/mol. The summed E-state index contributed by atoms with van der Waals surface area (Å²) < 4.78 is 81.1. The number of rotatable bonds is 2. The molecule has 7 heterocycles. The van der Waals surface area contributed by atoms with Crippen molar-refractivity contribution in [2.75, 3.05) is 24.7 Å². The first-order valence-electron chi connectivity index (χ1n) is 12.9. The van der Waals surface area contributed by atoms with Crippen LogP contribution in [0.2, 0.25) is 0 Å². The van der Waals surface area contributed by atoms with E-state index in [1.807, 2.05) is 0 Å². The number of hydrogen-bond acceptors (Lipinski definition) is 15. The number of nitrogens with zero attached hydrogens (tertiary/aromatic N) is 7. The standard InChI is InChI=1S/C21H22BF2N9O8P2S/c22-42(34)36-3-9-16(12(24)21(38-9)33-7-31-14-17(26)28-5-29-19(14)33)41-43(35,44)37-4-10-15(40-42)11(23)20(39-10)32-6-30-13-8(25)1-2-27-18(13)32/h1-2,5-7,9-12,15-16,20-21H,3-4H2,(H2,25,27)(H,35,44)(H2,26,28,29)/t9-,10?,11-,12-,15-,16-,20-,21-,42+,43?/m1/s1. The minimum absolute atomic E-state index is 0.0523. The zero-order valence-corrected chi connectivity index (χ0v) is 24.8. The molecule has 0 saturated carbocycles. The van der Waals surface area contributed by atoms with Gasteiger partial charge in [-0.05, 0) is 17.9 Å². The number of ether oxygens (including phenoxy) is 2. The van der Waals surface area contributed by atoms with Crippen molar-refractivity contribution in [2.24, 2.45) is 0 Å². The first-order valence-corrected chi connectivity index (χ1v) is 17.1. The molecule has 2 unspecified atom stereocenters. The van der Waals surface area contributed by atoms with Crippen LogP contribution in [0.3, 0.4) is 0 Å². The number of imidazole rings is 2. The Hall–Kier alpha value is -2.71. The third-order valence-corrected chi connectivity index (χ3v) is 9.91. The van der Waals surface area contributed by atoms with Gasteiger partial charge in [-0.1, -0.05) is 0 Å². The number of nitrogen functional groups attached to an aromatic ring is 2. The van der Waals surface area contributed by atoms with Crippen LogP contribution in [0, 0.1) is 0 Å². The lowest BCUT2D eigenvalue weighted by Gasteiger charge is -2.29. The molecule has 0 bridgehead atoms. The zero-order chi connectivity index (χ0) is 31.0. The molecule has 232 valence electrons. The number of anilines is 2. The summed E-state index contributed by atoms with van der Waals surface area (Å²) in [6.07, 6.45) is -7.79. The molecule has 4 aromatic rings. The number of alkyl halides is 2. The maximum atomic E-state index is 16.0. The molecule has 3 fully saturated rings. The highest BCUT2D eigenvalue weighted by Crippen LogP contribution is 2.54. The van der Waals surface area contributed by atoms with E-state index in [4.69, 9.17) is 58.4 Å². The van der Waals surface area contributed by atoms with E-state index >= 15 is 8.78 Å². The lowest BCUT2D eigenvalue weighted by molar-refractivity contribution is -0.0566. The lowest BCUT2D eigenvalue weighted by Crippen LogP contribution is -2.37. The zero-order valence-electron chi connectivity index (χ0n) is 22.1. The fourth-order valence-electron chi connectivity index (χ4n) is 5.28.